The van der Waals surface area contributed by atoms with Crippen molar-refractivity contribution in [3.05, 3.63) is 59.9 Å². The van der Waals surface area contributed by atoms with Gasteiger partial charge in [-0.1, -0.05) is 24.3 Å². The van der Waals surface area contributed by atoms with E-state index in [9.17, 15) is 8.78 Å². The lowest BCUT2D eigenvalue weighted by Crippen LogP contribution is -2.37. The van der Waals surface area contributed by atoms with Crippen LogP contribution >= 0.6 is 0 Å². The Labute approximate surface area is 178 Å². The monoisotopic (exact) mass is 428 g/mol. The minimum absolute atomic E-state index is 0.00886. The van der Waals surface area contributed by atoms with Crippen LogP contribution in [0.1, 0.15) is 18.2 Å². The Hall–Kier alpha value is -3.62. The Morgan fingerprint density at radius 3 is 2.77 bits per heavy atom. The van der Waals surface area contributed by atoms with Crippen molar-refractivity contribution in [2.75, 3.05) is 13.3 Å². The molecule has 3 aromatic rings. The van der Waals surface area contributed by atoms with Gasteiger partial charge in [0.15, 0.2) is 17.5 Å². The molecule has 0 saturated carbocycles. The maximum Gasteiger partial charge on any atom is 0.387 e. The summed E-state index contributed by atoms with van der Waals surface area (Å²) in [6.45, 7) is 0.228. The summed E-state index contributed by atoms with van der Waals surface area (Å²) in [7, 11) is 0. The van der Waals surface area contributed by atoms with Crippen LogP contribution in [-0.4, -0.2) is 30.9 Å². The molecular weight excluding hydrogens is 406 g/mol. The van der Waals surface area contributed by atoms with Crippen LogP contribution in [0.3, 0.4) is 0 Å². The fourth-order valence-electron chi connectivity index (χ4n) is 3.29. The van der Waals surface area contributed by atoms with Gasteiger partial charge >= 0.3 is 6.61 Å². The summed E-state index contributed by atoms with van der Waals surface area (Å²) in [6, 6.07) is 13.0. The number of ether oxygens (including phenoxy) is 3. The third-order valence-electron chi connectivity index (χ3n) is 4.70. The van der Waals surface area contributed by atoms with Crippen molar-refractivity contribution in [2.24, 2.45) is 4.99 Å². The zero-order valence-corrected chi connectivity index (χ0v) is 16.9. The first kappa shape index (κ1) is 20.6. The Bertz CT molecular complexity index is 1090. The van der Waals surface area contributed by atoms with Crippen LogP contribution in [0.4, 0.5) is 8.78 Å². The van der Waals surface area contributed by atoms with Gasteiger partial charge in [0.2, 0.25) is 6.79 Å². The average molecular weight is 428 g/mol. The zero-order valence-electron chi connectivity index (χ0n) is 16.9. The summed E-state index contributed by atoms with van der Waals surface area (Å²) in [6.07, 6.45) is 1.77. The van der Waals surface area contributed by atoms with Gasteiger partial charge in [0.1, 0.15) is 5.75 Å². The molecule has 0 aliphatic carbocycles. The number of aliphatic imine (C=N–C) groups is 1. The van der Waals surface area contributed by atoms with Crippen molar-refractivity contribution >= 4 is 16.7 Å². The standard InChI is InChI=1S/C22H22F2N4O3/c1-2-25-22(28-12-17-16-6-4-3-5-14(16)7-8-26-17)27-11-15-9-19-20(30-13-29-19)10-18(15)31-21(23)24/h3-10,21H,2,11-13H2,1H3,(H2,25,27,28). The van der Waals surface area contributed by atoms with Crippen LogP contribution in [0.15, 0.2) is 53.7 Å². The van der Waals surface area contributed by atoms with E-state index in [4.69, 9.17) is 9.47 Å². The fourth-order valence-corrected chi connectivity index (χ4v) is 3.29. The molecule has 0 fully saturated rings. The number of rotatable bonds is 7. The molecule has 0 saturated heterocycles. The summed E-state index contributed by atoms with van der Waals surface area (Å²) >= 11 is 0. The van der Waals surface area contributed by atoms with Crippen molar-refractivity contribution in [3.8, 4) is 17.2 Å². The van der Waals surface area contributed by atoms with E-state index in [-0.39, 0.29) is 19.1 Å². The number of aromatic nitrogens is 1. The van der Waals surface area contributed by atoms with Crippen LogP contribution in [0, 0.1) is 0 Å². The van der Waals surface area contributed by atoms with E-state index < -0.39 is 6.61 Å². The van der Waals surface area contributed by atoms with Gasteiger partial charge in [-0.15, -0.1) is 0 Å². The molecule has 0 bridgehead atoms. The van der Waals surface area contributed by atoms with Gasteiger partial charge in [-0.2, -0.15) is 8.78 Å². The van der Waals surface area contributed by atoms with Gasteiger partial charge in [-0.3, -0.25) is 4.98 Å². The van der Waals surface area contributed by atoms with Gasteiger partial charge in [0, 0.05) is 29.8 Å². The molecular formula is C22H22F2N4O3. The summed E-state index contributed by atoms with van der Waals surface area (Å²) in [5, 5.41) is 8.55. The Morgan fingerprint density at radius 2 is 1.97 bits per heavy atom. The highest BCUT2D eigenvalue weighted by Crippen LogP contribution is 2.39. The fraction of sp³-hybridized carbons (Fsp3) is 0.273. The SMILES string of the molecule is CCNC(=NCc1cc2c(cc1OC(F)F)OCO2)NCc1nccc2ccccc12. The molecule has 9 heteroatoms. The molecule has 0 radical (unpaired) electrons. The largest absolute Gasteiger partial charge is 0.454 e. The molecule has 0 spiro atoms. The number of guanidine groups is 1. The highest BCUT2D eigenvalue weighted by atomic mass is 19.3. The van der Waals surface area contributed by atoms with E-state index in [2.05, 4.69) is 25.3 Å². The number of benzene rings is 2. The molecule has 2 N–H and O–H groups in total. The van der Waals surface area contributed by atoms with Crippen LogP contribution in [0.25, 0.3) is 10.8 Å². The Kier molecular flexibility index (Phi) is 6.30. The molecule has 7 nitrogen and oxygen atoms in total. The maximum atomic E-state index is 12.8. The number of fused-ring (bicyclic) bond motifs is 2. The summed E-state index contributed by atoms with van der Waals surface area (Å²) < 4.78 is 40.9. The first-order chi connectivity index (χ1) is 15.1. The normalized spacial score (nSPS) is 13.0. The number of pyridine rings is 1. The van der Waals surface area contributed by atoms with E-state index in [0.29, 0.717) is 36.1 Å². The summed E-state index contributed by atoms with van der Waals surface area (Å²) in [5.41, 5.74) is 1.35. The van der Waals surface area contributed by atoms with Crippen molar-refractivity contribution in [1.29, 1.82) is 0 Å². The Balaban J connectivity index is 1.53. The van der Waals surface area contributed by atoms with Gasteiger partial charge in [0.05, 0.1) is 18.8 Å². The smallest absolute Gasteiger partial charge is 0.387 e. The number of nitrogens with zero attached hydrogens (tertiary/aromatic N) is 2. The van der Waals surface area contributed by atoms with Gasteiger partial charge in [-0.25, -0.2) is 4.99 Å². The van der Waals surface area contributed by atoms with Crippen molar-refractivity contribution < 1.29 is 23.0 Å². The topological polar surface area (TPSA) is 77.0 Å². The molecule has 0 unspecified atom stereocenters. The molecule has 1 aromatic heterocycles. The molecule has 31 heavy (non-hydrogen) atoms. The molecule has 4 rings (SSSR count). The summed E-state index contributed by atoms with van der Waals surface area (Å²) in [5.74, 6) is 1.38. The first-order valence-electron chi connectivity index (χ1n) is 9.86. The Morgan fingerprint density at radius 1 is 1.16 bits per heavy atom. The minimum Gasteiger partial charge on any atom is -0.454 e. The van der Waals surface area contributed by atoms with Gasteiger partial charge in [-0.05, 0) is 24.4 Å². The van der Waals surface area contributed by atoms with E-state index in [0.717, 1.165) is 16.5 Å². The molecule has 1 aliphatic heterocycles. The van der Waals surface area contributed by atoms with Crippen LogP contribution in [0.5, 0.6) is 17.2 Å². The third-order valence-corrected chi connectivity index (χ3v) is 4.70. The van der Waals surface area contributed by atoms with Crippen LogP contribution in [-0.2, 0) is 13.1 Å². The first-order valence-corrected chi connectivity index (χ1v) is 9.86. The number of alkyl halides is 2. The second-order valence-corrected chi connectivity index (χ2v) is 6.72. The zero-order chi connectivity index (χ0) is 21.6. The average Bonchev–Trinajstić information content (AvgIpc) is 3.22. The highest BCUT2D eigenvalue weighted by Gasteiger charge is 2.20. The maximum absolute atomic E-state index is 12.8. The van der Waals surface area contributed by atoms with Crippen LogP contribution < -0.4 is 24.8 Å². The number of nitrogens with one attached hydrogen (secondary N) is 2. The van der Waals surface area contributed by atoms with Crippen LogP contribution in [0.2, 0.25) is 0 Å². The van der Waals surface area contributed by atoms with Gasteiger partial charge in [0.25, 0.3) is 0 Å². The van der Waals surface area contributed by atoms with E-state index >= 15 is 0 Å². The van der Waals surface area contributed by atoms with E-state index in [1.807, 2.05) is 37.3 Å². The molecule has 162 valence electrons. The number of halogens is 2. The highest BCUT2D eigenvalue weighted by molar-refractivity contribution is 5.85. The van der Waals surface area contributed by atoms with E-state index in [1.165, 1.54) is 6.07 Å². The second kappa shape index (κ2) is 9.46. The summed E-state index contributed by atoms with van der Waals surface area (Å²) in [4.78, 5) is 8.98. The lowest BCUT2D eigenvalue weighted by molar-refractivity contribution is -0.0505. The quantitative estimate of drug-likeness (QED) is 0.440. The molecule has 2 heterocycles. The van der Waals surface area contributed by atoms with Crippen molar-refractivity contribution in [1.82, 2.24) is 15.6 Å². The minimum atomic E-state index is -2.95. The molecule has 0 atom stereocenters. The lowest BCUT2D eigenvalue weighted by atomic mass is 10.1. The van der Waals surface area contributed by atoms with Gasteiger partial charge < -0.3 is 24.8 Å². The predicted molar refractivity (Wildman–Crippen MR) is 113 cm³/mol. The van der Waals surface area contributed by atoms with Crippen molar-refractivity contribution in [3.63, 3.8) is 0 Å². The molecule has 2 aromatic carbocycles. The number of hydrogen-bond donors (Lipinski definition) is 2. The molecule has 1 aliphatic rings. The lowest BCUT2D eigenvalue weighted by Gasteiger charge is -2.14. The van der Waals surface area contributed by atoms with E-state index in [1.54, 1.807) is 12.3 Å². The number of hydrogen-bond acceptors (Lipinski definition) is 5. The molecule has 0 amide bonds. The third kappa shape index (κ3) is 4.93. The van der Waals surface area contributed by atoms with Crippen molar-refractivity contribution in [2.45, 2.75) is 26.6 Å². The predicted octanol–water partition coefficient (Wildman–Crippen LogP) is 3.82. The second-order valence-electron chi connectivity index (χ2n) is 6.72.